The lowest BCUT2D eigenvalue weighted by Gasteiger charge is -2.38. The first-order chi connectivity index (χ1) is 15.9. The van der Waals surface area contributed by atoms with Gasteiger partial charge in [-0.3, -0.25) is 9.10 Å². The van der Waals surface area contributed by atoms with E-state index in [4.69, 9.17) is 4.74 Å². The van der Waals surface area contributed by atoms with Gasteiger partial charge in [0.25, 0.3) is 15.9 Å². The second-order valence-corrected chi connectivity index (χ2v) is 14.4. The summed E-state index contributed by atoms with van der Waals surface area (Å²) in [6, 6.07) is 12.3. The molecule has 192 valence electrons. The van der Waals surface area contributed by atoms with Gasteiger partial charge in [-0.25, -0.2) is 8.42 Å². The molecule has 35 heavy (non-hydrogen) atoms. The number of fused-ring (bicyclic) bond motifs is 1. The van der Waals surface area contributed by atoms with Crippen molar-refractivity contribution in [2.45, 2.75) is 90.7 Å². The average Bonchev–Trinajstić information content (AvgIpc) is 2.69. The molecule has 0 bridgehead atoms. The summed E-state index contributed by atoms with van der Waals surface area (Å²) in [4.78, 5) is 13.5. The number of ether oxygens (including phenoxy) is 1. The predicted octanol–water partition coefficient (Wildman–Crippen LogP) is 5.58. The van der Waals surface area contributed by atoms with Gasteiger partial charge in [0.05, 0.1) is 17.1 Å². The minimum absolute atomic E-state index is 0.0149. The summed E-state index contributed by atoms with van der Waals surface area (Å²) in [7, 11) is -3.92. The molecule has 1 amide bonds. The number of nitrogens with zero attached hydrogens (tertiary/aromatic N) is 1. The Morgan fingerprint density at radius 2 is 1.60 bits per heavy atom. The van der Waals surface area contributed by atoms with Crippen molar-refractivity contribution < 1.29 is 17.9 Å². The highest BCUT2D eigenvalue weighted by Gasteiger charge is 2.40. The second-order valence-electron chi connectivity index (χ2n) is 12.5. The highest BCUT2D eigenvalue weighted by Crippen LogP contribution is 2.40. The van der Waals surface area contributed by atoms with Crippen molar-refractivity contribution in [1.82, 2.24) is 5.32 Å². The fraction of sp³-hybridized carbons (Fsp3) is 0.536. The first kappa shape index (κ1) is 27.1. The molecular weight excluding hydrogens is 460 g/mol. The van der Waals surface area contributed by atoms with Gasteiger partial charge in [0.15, 0.2) is 6.10 Å². The molecular formula is C28H40N2O4S. The van der Waals surface area contributed by atoms with Crippen LogP contribution < -0.4 is 14.4 Å². The molecule has 1 atom stereocenters. The third-order valence-corrected chi connectivity index (χ3v) is 7.82. The van der Waals surface area contributed by atoms with Gasteiger partial charge in [-0.05, 0) is 67.9 Å². The third-order valence-electron chi connectivity index (χ3n) is 6.03. The topological polar surface area (TPSA) is 75.7 Å². The summed E-state index contributed by atoms with van der Waals surface area (Å²) in [5.74, 6) is 0.0580. The highest BCUT2D eigenvalue weighted by molar-refractivity contribution is 7.92. The molecule has 0 aromatic heterocycles. The van der Waals surface area contributed by atoms with Gasteiger partial charge in [0.1, 0.15) is 5.75 Å². The maximum atomic E-state index is 13.8. The SMILES string of the molecule is Cc1ccc(S(=O)(=O)N2CC(C(=O)NC(C)(C)CC(C)(C)C)Oc3ccc(C(C)(C)C)cc32)cc1. The number of rotatable bonds is 5. The predicted molar refractivity (Wildman–Crippen MR) is 142 cm³/mol. The Hall–Kier alpha value is -2.54. The van der Waals surface area contributed by atoms with Crippen LogP contribution in [0.4, 0.5) is 5.69 Å². The number of sulfonamides is 1. The molecule has 7 heteroatoms. The number of anilines is 1. The fourth-order valence-electron chi connectivity index (χ4n) is 4.70. The van der Waals surface area contributed by atoms with Gasteiger partial charge in [0.2, 0.25) is 0 Å². The van der Waals surface area contributed by atoms with E-state index in [1.165, 1.54) is 4.31 Å². The van der Waals surface area contributed by atoms with Crippen LogP contribution in [0.3, 0.4) is 0 Å². The van der Waals surface area contributed by atoms with Crippen LogP contribution in [0, 0.1) is 12.3 Å². The summed E-state index contributed by atoms with van der Waals surface area (Å²) in [6.45, 7) is 18.3. The van der Waals surface area contributed by atoms with E-state index in [2.05, 4.69) is 46.9 Å². The highest BCUT2D eigenvalue weighted by atomic mass is 32.2. The third kappa shape index (κ3) is 6.37. The van der Waals surface area contributed by atoms with E-state index in [0.29, 0.717) is 11.4 Å². The van der Waals surface area contributed by atoms with Crippen LogP contribution in [0.25, 0.3) is 0 Å². The summed E-state index contributed by atoms with van der Waals surface area (Å²) in [6.07, 6.45) is -0.211. The zero-order chi connectivity index (χ0) is 26.4. The molecule has 1 heterocycles. The normalized spacial score (nSPS) is 16.9. The lowest BCUT2D eigenvalue weighted by atomic mass is 9.81. The Morgan fingerprint density at radius 1 is 1.00 bits per heavy atom. The Morgan fingerprint density at radius 3 is 2.14 bits per heavy atom. The minimum atomic E-state index is -3.92. The fourth-order valence-corrected chi connectivity index (χ4v) is 6.17. The van der Waals surface area contributed by atoms with Crippen molar-refractivity contribution >= 4 is 21.6 Å². The molecule has 0 saturated carbocycles. The molecule has 1 unspecified atom stereocenters. The number of aryl methyl sites for hydroxylation is 1. The van der Waals surface area contributed by atoms with Crippen molar-refractivity contribution in [1.29, 1.82) is 0 Å². The Bertz CT molecular complexity index is 1190. The molecule has 1 N–H and O–H groups in total. The van der Waals surface area contributed by atoms with Gasteiger partial charge in [-0.15, -0.1) is 0 Å². The molecule has 0 aliphatic carbocycles. The van der Waals surface area contributed by atoms with Crippen LogP contribution >= 0.6 is 0 Å². The van der Waals surface area contributed by atoms with E-state index in [0.717, 1.165) is 17.5 Å². The number of amides is 1. The van der Waals surface area contributed by atoms with E-state index in [1.807, 2.05) is 32.9 Å². The molecule has 2 aromatic rings. The number of carbonyl (C=O) groups excluding carboxylic acids is 1. The lowest BCUT2D eigenvalue weighted by Crippen LogP contribution is -2.55. The molecule has 0 radical (unpaired) electrons. The Kier molecular flexibility index (Phi) is 7.08. The Balaban J connectivity index is 2.03. The first-order valence-electron chi connectivity index (χ1n) is 12.1. The smallest absolute Gasteiger partial charge is 0.264 e. The lowest BCUT2D eigenvalue weighted by molar-refractivity contribution is -0.129. The molecule has 1 aliphatic rings. The zero-order valence-electron chi connectivity index (χ0n) is 22.5. The van der Waals surface area contributed by atoms with Gasteiger partial charge in [0, 0.05) is 5.54 Å². The number of hydrogen-bond donors (Lipinski definition) is 1. The largest absolute Gasteiger partial charge is 0.476 e. The number of carbonyl (C=O) groups is 1. The summed E-state index contributed by atoms with van der Waals surface area (Å²) in [5.41, 5.74) is 1.77. The van der Waals surface area contributed by atoms with Crippen LogP contribution in [0.5, 0.6) is 5.75 Å². The van der Waals surface area contributed by atoms with Crippen molar-refractivity contribution in [3.63, 3.8) is 0 Å². The molecule has 6 nitrogen and oxygen atoms in total. The number of hydrogen-bond acceptors (Lipinski definition) is 4. The average molecular weight is 501 g/mol. The molecule has 2 aromatic carbocycles. The standard InChI is InChI=1S/C28H40N2O4S/c1-19-10-13-21(14-11-19)35(32,33)30-17-24(25(31)29-28(8,9)18-26(2,3)4)34-23-15-12-20(16-22(23)30)27(5,6)7/h10-16,24H,17-18H2,1-9H3,(H,29,31). The molecule has 0 fully saturated rings. The van der Waals surface area contributed by atoms with E-state index < -0.39 is 21.7 Å². The van der Waals surface area contributed by atoms with Crippen molar-refractivity contribution in [3.05, 3.63) is 53.6 Å². The van der Waals surface area contributed by atoms with Gasteiger partial charge < -0.3 is 10.1 Å². The monoisotopic (exact) mass is 500 g/mol. The van der Waals surface area contributed by atoms with Crippen molar-refractivity contribution in [2.75, 3.05) is 10.8 Å². The molecule has 1 aliphatic heterocycles. The van der Waals surface area contributed by atoms with Crippen LogP contribution in [0.15, 0.2) is 47.4 Å². The summed E-state index contributed by atoms with van der Waals surface area (Å²) in [5, 5.41) is 3.08. The van der Waals surface area contributed by atoms with E-state index in [1.54, 1.807) is 30.3 Å². The minimum Gasteiger partial charge on any atom is -0.476 e. The van der Waals surface area contributed by atoms with Gasteiger partial charge in [-0.2, -0.15) is 0 Å². The van der Waals surface area contributed by atoms with Crippen LogP contribution in [0.1, 0.15) is 72.9 Å². The van der Waals surface area contributed by atoms with E-state index in [-0.39, 0.29) is 28.2 Å². The molecule has 0 spiro atoms. The van der Waals surface area contributed by atoms with Crippen molar-refractivity contribution in [2.24, 2.45) is 5.41 Å². The summed E-state index contributed by atoms with van der Waals surface area (Å²) >= 11 is 0. The van der Waals surface area contributed by atoms with E-state index in [9.17, 15) is 13.2 Å². The first-order valence-corrected chi connectivity index (χ1v) is 13.6. The van der Waals surface area contributed by atoms with Crippen molar-refractivity contribution in [3.8, 4) is 5.75 Å². The van der Waals surface area contributed by atoms with Gasteiger partial charge in [-0.1, -0.05) is 65.3 Å². The molecule has 3 rings (SSSR count). The number of nitrogens with one attached hydrogen (secondary N) is 1. The van der Waals surface area contributed by atoms with Gasteiger partial charge >= 0.3 is 0 Å². The quantitative estimate of drug-likeness (QED) is 0.582. The number of benzene rings is 2. The van der Waals surface area contributed by atoms with Crippen LogP contribution in [0.2, 0.25) is 0 Å². The second kappa shape index (κ2) is 9.16. The zero-order valence-corrected chi connectivity index (χ0v) is 23.3. The Labute approximate surface area is 211 Å². The van der Waals surface area contributed by atoms with Crippen LogP contribution in [-0.4, -0.2) is 32.5 Å². The summed E-state index contributed by atoms with van der Waals surface area (Å²) < 4.78 is 35.0. The maximum Gasteiger partial charge on any atom is 0.264 e. The maximum absolute atomic E-state index is 13.8. The van der Waals surface area contributed by atoms with E-state index >= 15 is 0 Å². The van der Waals surface area contributed by atoms with Crippen LogP contribution in [-0.2, 0) is 20.2 Å². The molecule has 0 saturated heterocycles.